The van der Waals surface area contributed by atoms with Crippen LogP contribution in [0.5, 0.6) is 0 Å². The molecule has 0 amide bonds. The van der Waals surface area contributed by atoms with Crippen LogP contribution < -0.4 is 5.32 Å². The van der Waals surface area contributed by atoms with Crippen LogP contribution in [0.15, 0.2) is 36.8 Å². The van der Waals surface area contributed by atoms with Crippen LogP contribution in [0.2, 0.25) is 0 Å². The van der Waals surface area contributed by atoms with Gasteiger partial charge in [-0.05, 0) is 37.9 Å². The van der Waals surface area contributed by atoms with E-state index in [1.54, 1.807) is 11.1 Å². The zero-order valence-electron chi connectivity index (χ0n) is 16.5. The summed E-state index contributed by atoms with van der Waals surface area (Å²) >= 11 is 0. The van der Waals surface area contributed by atoms with Gasteiger partial charge in [-0.1, -0.05) is 12.1 Å². The average Bonchev–Trinajstić information content (AvgIpc) is 3.11. The second kappa shape index (κ2) is 8.37. The average molecular weight is 440 g/mol. The molecule has 2 N–H and O–H groups in total. The molecule has 166 valence electrons. The molecule has 4 rings (SSSR count). The maximum Gasteiger partial charge on any atom is 0.416 e. The summed E-state index contributed by atoms with van der Waals surface area (Å²) in [6.07, 6.45) is 0.632. The van der Waals surface area contributed by atoms with E-state index in [4.69, 9.17) is 0 Å². The van der Waals surface area contributed by atoms with Gasteiger partial charge in [-0.3, -0.25) is 10.00 Å². The Hall–Kier alpha value is -2.82. The smallest absolute Gasteiger partial charge is 0.367 e. The van der Waals surface area contributed by atoms with Gasteiger partial charge in [0.05, 0.1) is 23.7 Å². The highest BCUT2D eigenvalue weighted by Crippen LogP contribution is 2.34. The first kappa shape index (κ1) is 21.4. The third-order valence-electron chi connectivity index (χ3n) is 5.47. The van der Waals surface area contributed by atoms with E-state index in [0.29, 0.717) is 49.5 Å². The Labute approximate surface area is 174 Å². The Bertz CT molecular complexity index is 1020. The highest BCUT2D eigenvalue weighted by molar-refractivity contribution is 5.85. The van der Waals surface area contributed by atoms with Gasteiger partial charge in [0, 0.05) is 18.2 Å². The van der Waals surface area contributed by atoms with Crippen LogP contribution in [0, 0.1) is 0 Å². The molecule has 1 atom stereocenters. The molecule has 0 radical (unpaired) electrons. The number of likely N-dealkylation sites (tertiary alicyclic amines) is 1. The van der Waals surface area contributed by atoms with Crippen molar-refractivity contribution in [2.24, 2.45) is 0 Å². The molecule has 3 aromatic rings. The third-order valence-corrected chi connectivity index (χ3v) is 5.47. The molecule has 1 aliphatic rings. The number of rotatable bonds is 5. The Morgan fingerprint density at radius 1 is 1.00 bits per heavy atom. The Morgan fingerprint density at radius 3 is 2.48 bits per heavy atom. The van der Waals surface area contributed by atoms with Crippen molar-refractivity contribution in [3.05, 3.63) is 47.9 Å². The lowest BCUT2D eigenvalue weighted by molar-refractivity contribution is -0.137. The van der Waals surface area contributed by atoms with E-state index < -0.39 is 29.8 Å². The van der Waals surface area contributed by atoms with E-state index >= 15 is 0 Å². The molecule has 3 heterocycles. The van der Waals surface area contributed by atoms with Crippen LogP contribution in [0.25, 0.3) is 11.0 Å². The highest BCUT2D eigenvalue weighted by atomic mass is 19.4. The van der Waals surface area contributed by atoms with Gasteiger partial charge in [0.15, 0.2) is 5.65 Å². The minimum Gasteiger partial charge on any atom is -0.367 e. The fourth-order valence-electron chi connectivity index (χ4n) is 3.81. The molecule has 6 nitrogen and oxygen atoms in total. The number of aromatic amines is 1. The number of halogens is 5. The lowest BCUT2D eigenvalue weighted by atomic mass is 10.1. The molecule has 0 spiro atoms. The molecule has 31 heavy (non-hydrogen) atoms. The Balaban J connectivity index is 1.37. The molecular formula is C20H21F5N6. The zero-order chi connectivity index (χ0) is 22.1. The van der Waals surface area contributed by atoms with Gasteiger partial charge < -0.3 is 5.32 Å². The topological polar surface area (TPSA) is 69.7 Å². The quantitative estimate of drug-likeness (QED) is 0.575. The maximum absolute atomic E-state index is 14.7. The summed E-state index contributed by atoms with van der Waals surface area (Å²) in [6, 6.07) is 3.16. The van der Waals surface area contributed by atoms with E-state index in [1.165, 1.54) is 6.33 Å². The van der Waals surface area contributed by atoms with E-state index in [1.807, 2.05) is 0 Å². The van der Waals surface area contributed by atoms with Crippen molar-refractivity contribution in [3.8, 4) is 0 Å². The van der Waals surface area contributed by atoms with Crippen molar-refractivity contribution in [1.29, 1.82) is 0 Å². The molecule has 1 fully saturated rings. The number of aromatic nitrogens is 4. The number of anilines is 1. The number of nitrogens with zero attached hydrogens (tertiary/aromatic N) is 4. The molecule has 0 aliphatic carbocycles. The van der Waals surface area contributed by atoms with E-state index in [-0.39, 0.29) is 6.04 Å². The van der Waals surface area contributed by atoms with E-state index in [2.05, 4.69) is 25.5 Å². The van der Waals surface area contributed by atoms with Crippen molar-refractivity contribution < 1.29 is 22.0 Å². The summed E-state index contributed by atoms with van der Waals surface area (Å²) in [5.41, 5.74) is -0.737. The normalized spacial score (nSPS) is 18.8. The lowest BCUT2D eigenvalue weighted by Gasteiger charge is -2.26. The number of hydrogen-bond donors (Lipinski definition) is 2. The first-order valence-corrected chi connectivity index (χ1v) is 9.91. The van der Waals surface area contributed by atoms with Crippen LogP contribution in [-0.2, 0) is 12.1 Å². The van der Waals surface area contributed by atoms with E-state index in [9.17, 15) is 22.0 Å². The molecule has 1 unspecified atom stereocenters. The van der Waals surface area contributed by atoms with Crippen molar-refractivity contribution in [2.45, 2.75) is 37.4 Å². The summed E-state index contributed by atoms with van der Waals surface area (Å²) in [7, 11) is 0. The van der Waals surface area contributed by atoms with Gasteiger partial charge in [-0.2, -0.15) is 27.1 Å². The molecule has 2 aromatic heterocycles. The zero-order valence-corrected chi connectivity index (χ0v) is 16.5. The monoisotopic (exact) mass is 440 g/mol. The minimum absolute atomic E-state index is 0.0534. The number of benzene rings is 1. The van der Waals surface area contributed by atoms with Crippen LogP contribution in [0.4, 0.5) is 27.8 Å². The number of hydrogen-bond acceptors (Lipinski definition) is 5. The molecule has 1 aliphatic heterocycles. The molecular weight excluding hydrogens is 419 g/mol. The van der Waals surface area contributed by atoms with Crippen LogP contribution >= 0.6 is 0 Å². The minimum atomic E-state index is -4.55. The van der Waals surface area contributed by atoms with Crippen molar-refractivity contribution in [1.82, 2.24) is 25.1 Å². The Morgan fingerprint density at radius 2 is 1.74 bits per heavy atom. The SMILES string of the molecule is FC(F)(F)c1ccc(C(F)(F)CN2CCCC(Nc3ncnc4[nH]ncc34)CC2)cc1. The van der Waals surface area contributed by atoms with Gasteiger partial charge in [0.1, 0.15) is 12.1 Å². The van der Waals surface area contributed by atoms with Gasteiger partial charge in [-0.15, -0.1) is 0 Å². The summed E-state index contributed by atoms with van der Waals surface area (Å²) < 4.78 is 67.5. The molecule has 11 heteroatoms. The van der Waals surface area contributed by atoms with Gasteiger partial charge in [0.2, 0.25) is 0 Å². The predicted octanol–water partition coefficient (Wildman–Crippen LogP) is 4.43. The van der Waals surface area contributed by atoms with Crippen molar-refractivity contribution >= 4 is 16.9 Å². The van der Waals surface area contributed by atoms with E-state index in [0.717, 1.165) is 23.9 Å². The fraction of sp³-hybridized carbons (Fsp3) is 0.450. The number of nitrogens with one attached hydrogen (secondary N) is 2. The van der Waals surface area contributed by atoms with Gasteiger partial charge in [0.25, 0.3) is 5.92 Å². The molecule has 1 aromatic carbocycles. The fourth-order valence-corrected chi connectivity index (χ4v) is 3.81. The third kappa shape index (κ3) is 4.92. The van der Waals surface area contributed by atoms with Crippen molar-refractivity contribution in [2.75, 3.05) is 25.0 Å². The number of fused-ring (bicyclic) bond motifs is 1. The number of H-pyrrole nitrogens is 1. The molecule has 0 saturated carbocycles. The second-order valence-corrected chi connectivity index (χ2v) is 7.68. The summed E-state index contributed by atoms with van der Waals surface area (Å²) in [5.74, 6) is -2.60. The standard InChI is InChI=1S/C20H21F5N6/c21-19(22,13-3-5-14(6-4-13)20(23,24)25)11-31-8-1-2-15(7-9-31)29-17-16-10-28-30-18(16)27-12-26-17/h3-6,10,12,15H,1-2,7-9,11H2,(H2,26,27,28,29,30). The molecule has 0 bridgehead atoms. The van der Waals surface area contributed by atoms with Gasteiger partial charge >= 0.3 is 6.18 Å². The van der Waals surface area contributed by atoms with Crippen molar-refractivity contribution in [3.63, 3.8) is 0 Å². The van der Waals surface area contributed by atoms with Crippen LogP contribution in [0.3, 0.4) is 0 Å². The molecule has 1 saturated heterocycles. The first-order chi connectivity index (χ1) is 14.7. The summed E-state index contributed by atoms with van der Waals surface area (Å²) in [4.78, 5) is 10.0. The van der Waals surface area contributed by atoms with Gasteiger partial charge in [-0.25, -0.2) is 9.97 Å². The summed E-state index contributed by atoms with van der Waals surface area (Å²) in [5, 5.41) is 10.8. The van der Waals surface area contributed by atoms with Crippen LogP contribution in [-0.4, -0.2) is 50.7 Å². The second-order valence-electron chi connectivity index (χ2n) is 7.68. The largest absolute Gasteiger partial charge is 0.416 e. The highest BCUT2D eigenvalue weighted by Gasteiger charge is 2.36. The Kier molecular flexibility index (Phi) is 5.78. The maximum atomic E-state index is 14.7. The first-order valence-electron chi connectivity index (χ1n) is 9.91. The summed E-state index contributed by atoms with van der Waals surface area (Å²) in [6.45, 7) is 0.386. The number of alkyl halides is 5. The van der Waals surface area contributed by atoms with Crippen LogP contribution in [0.1, 0.15) is 30.4 Å². The predicted molar refractivity (Wildman–Crippen MR) is 105 cm³/mol. The lowest BCUT2D eigenvalue weighted by Crippen LogP contribution is -2.36.